The fourth-order valence-electron chi connectivity index (χ4n) is 1.73. The van der Waals surface area contributed by atoms with Gasteiger partial charge in [0.05, 0.1) is 0 Å². The quantitative estimate of drug-likeness (QED) is 0.708. The number of nitrogens with one attached hydrogen (secondary N) is 1. The van der Waals surface area contributed by atoms with Crippen molar-refractivity contribution in [2.24, 2.45) is 0 Å². The largest absolute Gasteiger partial charge is 0.444 e. The van der Waals surface area contributed by atoms with Gasteiger partial charge < -0.3 is 19.7 Å². The maximum Gasteiger partial charge on any atom is 0.410 e. The molecule has 0 aliphatic heterocycles. The molecule has 0 rings (SSSR count). The number of hydrogen-bond donors (Lipinski definition) is 1. The van der Waals surface area contributed by atoms with Gasteiger partial charge in [-0.1, -0.05) is 6.92 Å². The zero-order valence-corrected chi connectivity index (χ0v) is 14.0. The number of nitrogens with zero attached hydrogens (tertiary/aromatic N) is 1. The molecule has 20 heavy (non-hydrogen) atoms. The molecule has 0 spiro atoms. The zero-order valence-electron chi connectivity index (χ0n) is 14.0. The van der Waals surface area contributed by atoms with Crippen molar-refractivity contribution < 1.29 is 14.3 Å². The Labute approximate surface area is 124 Å². The highest BCUT2D eigenvalue weighted by molar-refractivity contribution is 5.68. The summed E-state index contributed by atoms with van der Waals surface area (Å²) in [5.41, 5.74) is -0.442. The molecule has 0 aromatic carbocycles. The van der Waals surface area contributed by atoms with Crippen molar-refractivity contribution in [3.63, 3.8) is 0 Å². The second kappa shape index (κ2) is 10.00. The molecule has 0 fully saturated rings. The number of hydrogen-bond acceptors (Lipinski definition) is 4. The van der Waals surface area contributed by atoms with Gasteiger partial charge in [-0.2, -0.15) is 0 Å². The van der Waals surface area contributed by atoms with Gasteiger partial charge in [-0.3, -0.25) is 0 Å². The topological polar surface area (TPSA) is 50.8 Å². The average Bonchev–Trinajstić information content (AvgIpc) is 2.33. The van der Waals surface area contributed by atoms with Crippen LogP contribution in [0.5, 0.6) is 0 Å². The van der Waals surface area contributed by atoms with Gasteiger partial charge in [-0.25, -0.2) is 4.79 Å². The van der Waals surface area contributed by atoms with E-state index in [-0.39, 0.29) is 6.09 Å². The first-order valence-corrected chi connectivity index (χ1v) is 7.50. The Morgan fingerprint density at radius 2 is 1.95 bits per heavy atom. The van der Waals surface area contributed by atoms with E-state index in [9.17, 15) is 4.79 Å². The maximum absolute atomic E-state index is 12.1. The minimum absolute atomic E-state index is 0.231. The molecule has 0 aromatic rings. The van der Waals surface area contributed by atoms with Crippen LogP contribution in [0, 0.1) is 0 Å². The van der Waals surface area contributed by atoms with Gasteiger partial charge in [0.1, 0.15) is 5.60 Å². The SMILES string of the molecule is CCCN(CCNC(C)CCOC)C(=O)OC(C)(C)C. The van der Waals surface area contributed by atoms with Crippen LogP contribution in [0.4, 0.5) is 4.79 Å². The van der Waals surface area contributed by atoms with Gasteiger partial charge in [0.15, 0.2) is 0 Å². The van der Waals surface area contributed by atoms with E-state index in [0.29, 0.717) is 12.6 Å². The van der Waals surface area contributed by atoms with E-state index in [1.807, 2.05) is 20.8 Å². The molecule has 0 saturated carbocycles. The van der Waals surface area contributed by atoms with Crippen molar-refractivity contribution in [3.05, 3.63) is 0 Å². The monoisotopic (exact) mass is 288 g/mol. The summed E-state index contributed by atoms with van der Waals surface area (Å²) in [5.74, 6) is 0. The predicted octanol–water partition coefficient (Wildman–Crippen LogP) is 2.65. The highest BCUT2D eigenvalue weighted by Gasteiger charge is 2.21. The summed E-state index contributed by atoms with van der Waals surface area (Å²) >= 11 is 0. The molecule has 0 bridgehead atoms. The molecule has 5 nitrogen and oxygen atoms in total. The van der Waals surface area contributed by atoms with E-state index >= 15 is 0 Å². The van der Waals surface area contributed by atoms with Crippen LogP contribution < -0.4 is 5.32 Å². The average molecular weight is 288 g/mol. The number of carbonyl (C=O) groups is 1. The molecule has 0 aliphatic carbocycles. The second-order valence-electron chi connectivity index (χ2n) is 6.10. The normalized spacial score (nSPS) is 13.1. The van der Waals surface area contributed by atoms with Crippen LogP contribution in [-0.2, 0) is 9.47 Å². The summed E-state index contributed by atoms with van der Waals surface area (Å²) in [7, 11) is 1.71. The molecule has 0 saturated heterocycles. The van der Waals surface area contributed by atoms with E-state index in [0.717, 1.165) is 32.5 Å². The Bertz CT molecular complexity index is 264. The first-order valence-electron chi connectivity index (χ1n) is 7.50. The lowest BCUT2D eigenvalue weighted by atomic mass is 10.2. The standard InChI is InChI=1S/C15H32N2O3/c1-7-10-17(14(18)20-15(3,4)5)11-9-16-13(2)8-12-19-6/h13,16H,7-12H2,1-6H3. The smallest absolute Gasteiger partial charge is 0.410 e. The maximum atomic E-state index is 12.1. The lowest BCUT2D eigenvalue weighted by Crippen LogP contribution is -2.42. The van der Waals surface area contributed by atoms with Crippen molar-refractivity contribution in [2.45, 2.75) is 59.1 Å². The Morgan fingerprint density at radius 3 is 2.45 bits per heavy atom. The number of carbonyl (C=O) groups excluding carboxylic acids is 1. The summed E-state index contributed by atoms with van der Waals surface area (Å²) in [6, 6.07) is 0.386. The van der Waals surface area contributed by atoms with Crippen LogP contribution in [0.25, 0.3) is 0 Å². The molecular formula is C15H32N2O3. The molecule has 1 unspecified atom stereocenters. The third-order valence-corrected chi connectivity index (χ3v) is 2.77. The first-order chi connectivity index (χ1) is 9.30. The van der Waals surface area contributed by atoms with Crippen LogP contribution >= 0.6 is 0 Å². The van der Waals surface area contributed by atoms with Gasteiger partial charge in [-0.15, -0.1) is 0 Å². The molecule has 5 heteroatoms. The number of rotatable bonds is 9. The lowest BCUT2D eigenvalue weighted by Gasteiger charge is -2.27. The predicted molar refractivity (Wildman–Crippen MR) is 82.1 cm³/mol. The van der Waals surface area contributed by atoms with Gasteiger partial charge in [0, 0.05) is 39.4 Å². The van der Waals surface area contributed by atoms with Gasteiger partial charge in [0.25, 0.3) is 0 Å². The van der Waals surface area contributed by atoms with E-state index in [4.69, 9.17) is 9.47 Å². The Hall–Kier alpha value is -0.810. The van der Waals surface area contributed by atoms with Crippen LogP contribution in [0.1, 0.15) is 47.5 Å². The molecule has 1 N–H and O–H groups in total. The number of ether oxygens (including phenoxy) is 2. The van der Waals surface area contributed by atoms with E-state index in [1.54, 1.807) is 12.0 Å². The van der Waals surface area contributed by atoms with Crippen LogP contribution in [-0.4, -0.2) is 56.0 Å². The van der Waals surface area contributed by atoms with Gasteiger partial charge in [-0.05, 0) is 40.5 Å². The molecule has 0 heterocycles. The van der Waals surface area contributed by atoms with Crippen molar-refractivity contribution >= 4 is 6.09 Å². The molecule has 120 valence electrons. The first kappa shape index (κ1) is 19.2. The van der Waals surface area contributed by atoms with Gasteiger partial charge in [0.2, 0.25) is 0 Å². The summed E-state index contributed by atoms with van der Waals surface area (Å²) in [6.07, 6.45) is 1.67. The number of methoxy groups -OCH3 is 1. The summed E-state index contributed by atoms with van der Waals surface area (Å²) in [6.45, 7) is 12.8. The van der Waals surface area contributed by atoms with E-state index < -0.39 is 5.60 Å². The lowest BCUT2D eigenvalue weighted by molar-refractivity contribution is 0.0250. The summed E-state index contributed by atoms with van der Waals surface area (Å²) in [5, 5.41) is 3.39. The van der Waals surface area contributed by atoms with Crippen molar-refractivity contribution in [1.82, 2.24) is 10.2 Å². The molecule has 0 radical (unpaired) electrons. The highest BCUT2D eigenvalue weighted by atomic mass is 16.6. The zero-order chi connectivity index (χ0) is 15.6. The van der Waals surface area contributed by atoms with Crippen LogP contribution in [0.15, 0.2) is 0 Å². The third-order valence-electron chi connectivity index (χ3n) is 2.77. The Morgan fingerprint density at radius 1 is 1.30 bits per heavy atom. The van der Waals surface area contributed by atoms with Crippen molar-refractivity contribution in [1.29, 1.82) is 0 Å². The molecule has 0 aromatic heterocycles. The van der Waals surface area contributed by atoms with Crippen LogP contribution in [0.2, 0.25) is 0 Å². The Balaban J connectivity index is 4.11. The van der Waals surface area contributed by atoms with Crippen LogP contribution in [0.3, 0.4) is 0 Å². The fraction of sp³-hybridized carbons (Fsp3) is 0.933. The number of amides is 1. The van der Waals surface area contributed by atoms with Crippen molar-refractivity contribution in [2.75, 3.05) is 33.4 Å². The Kier molecular flexibility index (Phi) is 9.59. The second-order valence-corrected chi connectivity index (χ2v) is 6.10. The molecule has 1 amide bonds. The van der Waals surface area contributed by atoms with E-state index in [1.165, 1.54) is 0 Å². The minimum atomic E-state index is -0.442. The minimum Gasteiger partial charge on any atom is -0.444 e. The fourth-order valence-corrected chi connectivity index (χ4v) is 1.73. The summed E-state index contributed by atoms with van der Waals surface area (Å²) in [4.78, 5) is 13.8. The van der Waals surface area contributed by atoms with E-state index in [2.05, 4.69) is 19.2 Å². The molecule has 1 atom stereocenters. The van der Waals surface area contributed by atoms with Crippen molar-refractivity contribution in [3.8, 4) is 0 Å². The third kappa shape index (κ3) is 10.0. The highest BCUT2D eigenvalue weighted by Crippen LogP contribution is 2.10. The molecular weight excluding hydrogens is 256 g/mol. The summed E-state index contributed by atoms with van der Waals surface area (Å²) < 4.78 is 10.5. The van der Waals surface area contributed by atoms with Gasteiger partial charge >= 0.3 is 6.09 Å². The molecule has 0 aliphatic rings.